The number of aryl methyl sites for hydroxylation is 1. The molecule has 2 heterocycles. The molecule has 2 N–H and O–H groups in total. The van der Waals surface area contributed by atoms with Crippen LogP contribution in [0.4, 0.5) is 26.6 Å². The van der Waals surface area contributed by atoms with Crippen molar-refractivity contribution in [2.45, 2.75) is 72.3 Å². The first kappa shape index (κ1) is 34.3. The Hall–Kier alpha value is -5.03. The fourth-order valence-electron chi connectivity index (χ4n) is 5.43. The average Bonchev–Trinajstić information content (AvgIpc) is 3.03. The van der Waals surface area contributed by atoms with E-state index in [1.807, 2.05) is 56.3 Å². The largest absolute Gasteiger partial charge is 0.444 e. The van der Waals surface area contributed by atoms with Crippen LogP contribution in [0.3, 0.4) is 0 Å². The van der Waals surface area contributed by atoms with Gasteiger partial charge in [-0.05, 0) is 101 Å². The van der Waals surface area contributed by atoms with Gasteiger partial charge in [-0.15, -0.1) is 0 Å². The van der Waals surface area contributed by atoms with Crippen molar-refractivity contribution in [3.63, 3.8) is 0 Å². The number of benzene rings is 3. The third kappa shape index (κ3) is 8.86. The van der Waals surface area contributed by atoms with Gasteiger partial charge in [0.2, 0.25) is 5.95 Å². The van der Waals surface area contributed by atoms with Crippen molar-refractivity contribution in [2.24, 2.45) is 0 Å². The van der Waals surface area contributed by atoms with Crippen molar-refractivity contribution in [3.8, 4) is 5.75 Å². The zero-order valence-corrected chi connectivity index (χ0v) is 28.2. The maximum atomic E-state index is 13.5. The molecular weight excluding hydrogens is 613 g/mol. The van der Waals surface area contributed by atoms with E-state index in [1.165, 1.54) is 12.1 Å². The van der Waals surface area contributed by atoms with E-state index in [-0.39, 0.29) is 25.1 Å². The molecule has 3 aromatic carbocycles. The summed E-state index contributed by atoms with van der Waals surface area (Å²) in [6.07, 6.45) is 0.0130. The van der Waals surface area contributed by atoms with Crippen LogP contribution in [0.25, 0.3) is 0 Å². The predicted octanol–water partition coefficient (Wildman–Crippen LogP) is 7.12. The van der Waals surface area contributed by atoms with Gasteiger partial charge in [-0.3, -0.25) is 0 Å². The van der Waals surface area contributed by atoms with Crippen LogP contribution in [0.15, 0.2) is 72.8 Å². The normalized spacial score (nSPS) is 14.9. The number of aromatic nitrogens is 2. The molecule has 1 amide bonds. The summed E-state index contributed by atoms with van der Waals surface area (Å²) in [5.74, 6) is 0.552. The molecule has 0 radical (unpaired) electrons. The van der Waals surface area contributed by atoms with Crippen molar-refractivity contribution in [1.82, 2.24) is 15.3 Å². The summed E-state index contributed by atoms with van der Waals surface area (Å²) in [7, 11) is 0. The van der Waals surface area contributed by atoms with E-state index in [2.05, 4.69) is 27.4 Å². The number of hydrogen-bond donors (Lipinski definition) is 2. The zero-order chi connectivity index (χ0) is 34.4. The molecule has 252 valence electrons. The van der Waals surface area contributed by atoms with E-state index in [4.69, 9.17) is 19.2 Å². The molecule has 4 aromatic rings. The van der Waals surface area contributed by atoms with Gasteiger partial charge < -0.3 is 29.7 Å². The van der Waals surface area contributed by atoms with Crippen LogP contribution >= 0.6 is 0 Å². The molecule has 1 aromatic heterocycles. The minimum Gasteiger partial charge on any atom is -0.444 e. The van der Waals surface area contributed by atoms with Gasteiger partial charge in [0.1, 0.15) is 23.0 Å². The number of amides is 1. The summed E-state index contributed by atoms with van der Waals surface area (Å²) in [6.45, 7) is 12.1. The number of rotatable bonds is 10. The number of anilines is 3. The van der Waals surface area contributed by atoms with Gasteiger partial charge in [0, 0.05) is 23.5 Å². The lowest BCUT2D eigenvalue weighted by Gasteiger charge is -2.37. The summed E-state index contributed by atoms with van der Waals surface area (Å²) in [5, 5.41) is 5.79. The second kappa shape index (κ2) is 14.8. The number of hydrogen-bond acceptors (Lipinski definition) is 9. The van der Waals surface area contributed by atoms with E-state index in [9.17, 15) is 14.0 Å². The van der Waals surface area contributed by atoms with Gasteiger partial charge in [-0.1, -0.05) is 36.4 Å². The summed E-state index contributed by atoms with van der Waals surface area (Å²) < 4.78 is 30.5. The number of nitrogens with zero attached hydrogens (tertiary/aromatic N) is 3. The minimum absolute atomic E-state index is 0.107. The van der Waals surface area contributed by atoms with Crippen LogP contribution in [0.2, 0.25) is 0 Å². The lowest BCUT2D eigenvalue weighted by molar-refractivity contribution is -0.138. The number of alkyl carbamates (subject to hydrolysis) is 1. The summed E-state index contributed by atoms with van der Waals surface area (Å²) in [4.78, 5) is 37.7. The van der Waals surface area contributed by atoms with E-state index in [0.717, 1.165) is 46.7 Å². The van der Waals surface area contributed by atoms with Gasteiger partial charge in [-0.25, -0.2) is 19.0 Å². The molecule has 0 fully saturated rings. The summed E-state index contributed by atoms with van der Waals surface area (Å²) in [5.41, 5.74) is 4.77. The van der Waals surface area contributed by atoms with Gasteiger partial charge >= 0.3 is 12.1 Å². The first-order valence-electron chi connectivity index (χ1n) is 16.0. The summed E-state index contributed by atoms with van der Waals surface area (Å²) in [6, 6.07) is 20.0. The van der Waals surface area contributed by atoms with Gasteiger partial charge in [0.15, 0.2) is 6.04 Å². The van der Waals surface area contributed by atoms with Crippen LogP contribution in [0.5, 0.6) is 5.75 Å². The topological polar surface area (TPSA) is 115 Å². The highest BCUT2D eigenvalue weighted by Gasteiger charge is 2.30. The van der Waals surface area contributed by atoms with Crippen molar-refractivity contribution in [1.29, 1.82) is 0 Å². The number of halogens is 1. The van der Waals surface area contributed by atoms with Crippen LogP contribution in [-0.4, -0.2) is 46.8 Å². The van der Waals surface area contributed by atoms with Crippen molar-refractivity contribution >= 4 is 29.5 Å². The molecule has 0 spiro atoms. The Kier molecular flexibility index (Phi) is 10.6. The Morgan fingerprint density at radius 1 is 1.02 bits per heavy atom. The second-order valence-corrected chi connectivity index (χ2v) is 12.8. The van der Waals surface area contributed by atoms with Crippen LogP contribution in [0.1, 0.15) is 61.7 Å². The predicted molar refractivity (Wildman–Crippen MR) is 182 cm³/mol. The van der Waals surface area contributed by atoms with E-state index < -0.39 is 23.7 Å². The van der Waals surface area contributed by atoms with E-state index in [0.29, 0.717) is 17.4 Å². The molecule has 0 bridgehead atoms. The maximum Gasteiger partial charge on any atom is 0.408 e. The van der Waals surface area contributed by atoms with E-state index >= 15 is 0 Å². The molecule has 0 saturated carbocycles. The molecule has 1 aliphatic heterocycles. The van der Waals surface area contributed by atoms with Gasteiger partial charge in [-0.2, -0.15) is 4.98 Å². The van der Waals surface area contributed by atoms with Crippen molar-refractivity contribution in [2.75, 3.05) is 23.4 Å². The molecule has 48 heavy (non-hydrogen) atoms. The quantitative estimate of drug-likeness (QED) is 0.136. The second-order valence-electron chi connectivity index (χ2n) is 12.8. The molecule has 2 unspecified atom stereocenters. The minimum atomic E-state index is -1.10. The first-order valence-corrected chi connectivity index (χ1v) is 16.0. The lowest BCUT2D eigenvalue weighted by Crippen LogP contribution is -2.47. The summed E-state index contributed by atoms with van der Waals surface area (Å²) >= 11 is 0. The Bertz CT molecular complexity index is 1740. The van der Waals surface area contributed by atoms with Gasteiger partial charge in [0.05, 0.1) is 19.3 Å². The molecule has 5 rings (SSSR count). The number of nitrogens with one attached hydrogen (secondary N) is 2. The number of fused-ring (bicyclic) bond motifs is 1. The Labute approximate surface area is 280 Å². The number of carbonyl (C=O) groups excluding carboxylic acids is 2. The zero-order valence-electron chi connectivity index (χ0n) is 28.2. The first-order chi connectivity index (χ1) is 22.9. The fraction of sp³-hybridized carbons (Fsp3) is 0.351. The highest BCUT2D eigenvalue weighted by molar-refractivity contribution is 5.83. The molecule has 2 atom stereocenters. The highest BCUT2D eigenvalue weighted by atomic mass is 19.1. The average molecular weight is 656 g/mol. The molecule has 0 saturated heterocycles. The number of esters is 1. The Morgan fingerprint density at radius 2 is 1.75 bits per heavy atom. The molecule has 1 aliphatic rings. The van der Waals surface area contributed by atoms with Crippen molar-refractivity contribution < 1.29 is 28.2 Å². The third-order valence-corrected chi connectivity index (χ3v) is 7.98. The third-order valence-electron chi connectivity index (χ3n) is 7.98. The SMILES string of the molecule is Cc1nc(Nc2ccc(F)cc2)nc(N2CCc3ccc(OC(=O)C(COCc4ccccc4)NC(=O)OC(C)(C)C)cc3C2C)c1C. The van der Waals surface area contributed by atoms with Crippen LogP contribution in [0, 0.1) is 19.7 Å². The monoisotopic (exact) mass is 655 g/mol. The molecule has 10 nitrogen and oxygen atoms in total. The smallest absolute Gasteiger partial charge is 0.408 e. The standard InChI is InChI=1S/C37H42FN5O5/c1-23-24(2)39-35(40-29-15-13-28(38)14-16-29)42-33(23)43-19-18-27-12-17-30(20-31(27)25(43)3)47-34(44)32(41-36(45)48-37(4,5)6)22-46-21-26-10-8-7-9-11-26/h7-17,20,25,32H,18-19,21-22H2,1-6H3,(H,41,45)(H,39,40,42). The molecular formula is C37H42FN5O5. The number of carbonyl (C=O) groups is 2. The molecule has 0 aliphatic carbocycles. The lowest BCUT2D eigenvalue weighted by atomic mass is 9.93. The molecule has 11 heteroatoms. The van der Waals surface area contributed by atoms with Crippen molar-refractivity contribution in [3.05, 3.63) is 107 Å². The van der Waals surface area contributed by atoms with Crippen LogP contribution in [-0.2, 0) is 27.3 Å². The maximum absolute atomic E-state index is 13.5. The van der Waals surface area contributed by atoms with Crippen LogP contribution < -0.4 is 20.3 Å². The number of ether oxygens (including phenoxy) is 3. The highest BCUT2D eigenvalue weighted by Crippen LogP contribution is 2.37. The Morgan fingerprint density at radius 3 is 2.46 bits per heavy atom. The van der Waals surface area contributed by atoms with E-state index in [1.54, 1.807) is 39.0 Å². The van der Waals surface area contributed by atoms with Gasteiger partial charge in [0.25, 0.3) is 0 Å². The fourth-order valence-corrected chi connectivity index (χ4v) is 5.43. The Balaban J connectivity index is 1.32.